The third kappa shape index (κ3) is 4.49. The molecule has 1 aromatic heterocycles. The smallest absolute Gasteiger partial charge is 0.202 e. The van der Waals surface area contributed by atoms with Gasteiger partial charge < -0.3 is 19.7 Å². The molecule has 0 radical (unpaired) electrons. The minimum Gasteiger partial charge on any atom is -0.464 e. The van der Waals surface area contributed by atoms with Crippen LogP contribution in [0.15, 0.2) is 40.6 Å². The molecule has 1 aromatic carbocycles. The van der Waals surface area contributed by atoms with E-state index in [4.69, 9.17) is 9.47 Å². The van der Waals surface area contributed by atoms with Crippen LogP contribution in [0.2, 0.25) is 0 Å². The van der Waals surface area contributed by atoms with Gasteiger partial charge in [-0.1, -0.05) is 12.1 Å². The van der Waals surface area contributed by atoms with Crippen molar-refractivity contribution in [1.82, 2.24) is 0 Å². The SMILES string of the molecule is OC[C@@H]1CC(O)CC(Oc2ccsc2Cc2ccc(S)cc2)O1. The van der Waals surface area contributed by atoms with Crippen LogP contribution in [-0.2, 0) is 11.2 Å². The molecule has 124 valence electrons. The van der Waals surface area contributed by atoms with Crippen molar-refractivity contribution in [2.75, 3.05) is 6.61 Å². The molecule has 0 amide bonds. The summed E-state index contributed by atoms with van der Waals surface area (Å²) in [5.74, 6) is 0.778. The first-order chi connectivity index (χ1) is 11.1. The standard InChI is InChI=1S/C17H20O4S2/c18-10-13-8-12(19)9-17(20-13)21-15-5-6-23-16(15)7-11-1-3-14(22)4-2-11/h1-6,12-13,17-19,22H,7-10H2/t12?,13-,17?/m0/s1. The minimum atomic E-state index is -0.524. The van der Waals surface area contributed by atoms with Crippen LogP contribution < -0.4 is 4.74 Å². The lowest BCUT2D eigenvalue weighted by molar-refractivity contribution is -0.184. The lowest BCUT2D eigenvalue weighted by Crippen LogP contribution is -2.40. The lowest BCUT2D eigenvalue weighted by atomic mass is 10.1. The van der Waals surface area contributed by atoms with E-state index >= 15 is 0 Å². The molecule has 6 heteroatoms. The number of ether oxygens (including phenoxy) is 2. The molecule has 1 aliphatic heterocycles. The van der Waals surface area contributed by atoms with E-state index in [2.05, 4.69) is 24.8 Å². The van der Waals surface area contributed by atoms with Gasteiger partial charge in [0.15, 0.2) is 0 Å². The maximum atomic E-state index is 9.86. The first kappa shape index (κ1) is 16.8. The van der Waals surface area contributed by atoms with Gasteiger partial charge in [-0.05, 0) is 29.1 Å². The summed E-state index contributed by atoms with van der Waals surface area (Å²) in [6.45, 7) is -0.108. The van der Waals surface area contributed by atoms with E-state index < -0.39 is 12.4 Å². The summed E-state index contributed by atoms with van der Waals surface area (Å²) in [6.07, 6.45) is 0.247. The Morgan fingerprint density at radius 3 is 2.74 bits per heavy atom. The second-order valence-electron chi connectivity index (χ2n) is 5.66. The maximum Gasteiger partial charge on any atom is 0.202 e. The molecule has 23 heavy (non-hydrogen) atoms. The number of hydrogen-bond acceptors (Lipinski definition) is 6. The Kier molecular flexibility index (Phi) is 5.61. The van der Waals surface area contributed by atoms with Crippen molar-refractivity contribution in [2.45, 2.75) is 42.7 Å². The fourth-order valence-electron chi connectivity index (χ4n) is 2.64. The summed E-state index contributed by atoms with van der Waals surface area (Å²) in [5, 5.41) is 21.1. The molecule has 0 spiro atoms. The molecular formula is C17H20O4S2. The van der Waals surface area contributed by atoms with Gasteiger partial charge in [0.2, 0.25) is 6.29 Å². The Morgan fingerprint density at radius 1 is 1.22 bits per heavy atom. The third-order valence-corrected chi connectivity index (χ3v) is 5.01. The molecule has 2 aromatic rings. The van der Waals surface area contributed by atoms with Crippen LogP contribution in [0, 0.1) is 0 Å². The van der Waals surface area contributed by atoms with Gasteiger partial charge in [0.1, 0.15) is 5.75 Å². The summed E-state index contributed by atoms with van der Waals surface area (Å²) < 4.78 is 11.6. The van der Waals surface area contributed by atoms with Gasteiger partial charge in [0, 0.05) is 24.2 Å². The van der Waals surface area contributed by atoms with Gasteiger partial charge in [-0.2, -0.15) is 0 Å². The Bertz CT molecular complexity index is 626. The molecule has 1 fully saturated rings. The zero-order chi connectivity index (χ0) is 16.2. The summed E-state index contributed by atoms with van der Waals surface area (Å²) in [7, 11) is 0. The Labute approximate surface area is 145 Å². The number of hydrogen-bond donors (Lipinski definition) is 3. The highest BCUT2D eigenvalue weighted by Gasteiger charge is 2.29. The van der Waals surface area contributed by atoms with Crippen molar-refractivity contribution in [3.63, 3.8) is 0 Å². The van der Waals surface area contributed by atoms with E-state index in [0.717, 1.165) is 21.9 Å². The van der Waals surface area contributed by atoms with Crippen LogP contribution in [0.3, 0.4) is 0 Å². The average molecular weight is 352 g/mol. The van der Waals surface area contributed by atoms with Crippen LogP contribution in [0.5, 0.6) is 5.75 Å². The van der Waals surface area contributed by atoms with Crippen LogP contribution in [0.1, 0.15) is 23.3 Å². The van der Waals surface area contributed by atoms with Crippen LogP contribution in [0.4, 0.5) is 0 Å². The van der Waals surface area contributed by atoms with Gasteiger partial charge in [0.25, 0.3) is 0 Å². The first-order valence-corrected chi connectivity index (χ1v) is 8.92. The summed E-state index contributed by atoms with van der Waals surface area (Å²) in [4.78, 5) is 2.05. The van der Waals surface area contributed by atoms with Crippen molar-refractivity contribution >= 4 is 24.0 Å². The third-order valence-electron chi connectivity index (χ3n) is 3.81. The molecule has 2 heterocycles. The zero-order valence-corrected chi connectivity index (χ0v) is 14.3. The number of thiophene rings is 1. The van der Waals surface area contributed by atoms with Gasteiger partial charge in [-0.15, -0.1) is 24.0 Å². The monoisotopic (exact) mass is 352 g/mol. The van der Waals surface area contributed by atoms with E-state index in [1.54, 1.807) is 11.3 Å². The highest BCUT2D eigenvalue weighted by atomic mass is 32.1. The number of thiol groups is 1. The van der Waals surface area contributed by atoms with Gasteiger partial charge in [-0.3, -0.25) is 0 Å². The fourth-order valence-corrected chi connectivity index (χ4v) is 3.63. The molecule has 3 rings (SSSR count). The molecule has 0 aliphatic carbocycles. The van der Waals surface area contributed by atoms with Crippen LogP contribution in [-0.4, -0.2) is 35.3 Å². The van der Waals surface area contributed by atoms with Crippen molar-refractivity contribution in [2.24, 2.45) is 0 Å². The summed E-state index contributed by atoms with van der Waals surface area (Å²) >= 11 is 5.93. The van der Waals surface area contributed by atoms with Gasteiger partial charge >= 0.3 is 0 Å². The van der Waals surface area contributed by atoms with Gasteiger partial charge in [-0.25, -0.2) is 0 Å². The van der Waals surface area contributed by atoms with E-state index in [-0.39, 0.29) is 12.7 Å². The average Bonchev–Trinajstić information content (AvgIpc) is 2.96. The minimum absolute atomic E-state index is 0.108. The molecule has 0 bridgehead atoms. The predicted octanol–water partition coefficient (Wildman–Crippen LogP) is 2.86. The van der Waals surface area contributed by atoms with E-state index in [1.807, 2.05) is 23.6 Å². The van der Waals surface area contributed by atoms with Crippen molar-refractivity contribution in [3.8, 4) is 5.75 Å². The Balaban J connectivity index is 1.67. The predicted molar refractivity (Wildman–Crippen MR) is 92.4 cm³/mol. The molecule has 0 saturated carbocycles. The van der Waals surface area contributed by atoms with Gasteiger partial charge in [0.05, 0.1) is 23.7 Å². The van der Waals surface area contributed by atoms with E-state index in [1.165, 1.54) is 5.56 Å². The maximum absolute atomic E-state index is 9.86. The van der Waals surface area contributed by atoms with Crippen molar-refractivity contribution < 1.29 is 19.7 Å². The Morgan fingerprint density at radius 2 is 2.00 bits per heavy atom. The lowest BCUT2D eigenvalue weighted by Gasteiger charge is -2.32. The van der Waals surface area contributed by atoms with Crippen molar-refractivity contribution in [3.05, 3.63) is 46.2 Å². The zero-order valence-electron chi connectivity index (χ0n) is 12.6. The topological polar surface area (TPSA) is 58.9 Å². The highest BCUT2D eigenvalue weighted by molar-refractivity contribution is 7.80. The first-order valence-electron chi connectivity index (χ1n) is 7.59. The molecular weight excluding hydrogens is 332 g/mol. The summed E-state index contributed by atoms with van der Waals surface area (Å²) in [5.41, 5.74) is 1.19. The molecule has 2 unspecified atom stereocenters. The van der Waals surface area contributed by atoms with E-state index in [9.17, 15) is 10.2 Å². The number of aliphatic hydroxyl groups excluding tert-OH is 2. The second kappa shape index (κ2) is 7.68. The highest BCUT2D eigenvalue weighted by Crippen LogP contribution is 2.31. The number of rotatable bonds is 5. The fraction of sp³-hybridized carbons (Fsp3) is 0.412. The number of aliphatic hydroxyl groups is 2. The largest absolute Gasteiger partial charge is 0.464 e. The molecule has 3 atom stereocenters. The molecule has 2 N–H and O–H groups in total. The molecule has 1 aliphatic rings. The van der Waals surface area contributed by atoms with E-state index in [0.29, 0.717) is 12.8 Å². The summed E-state index contributed by atoms with van der Waals surface area (Å²) in [6, 6.07) is 9.96. The quantitative estimate of drug-likeness (QED) is 0.724. The number of benzene rings is 1. The molecule has 1 saturated heterocycles. The Hall–Kier alpha value is -1.05. The molecule has 4 nitrogen and oxygen atoms in total. The normalized spacial score (nSPS) is 24.6. The van der Waals surface area contributed by atoms with Crippen LogP contribution >= 0.6 is 24.0 Å². The second-order valence-corrected chi connectivity index (χ2v) is 7.18. The van der Waals surface area contributed by atoms with Crippen molar-refractivity contribution in [1.29, 1.82) is 0 Å². The van der Waals surface area contributed by atoms with Crippen LogP contribution in [0.25, 0.3) is 0 Å².